The molecule has 0 unspecified atom stereocenters. The van der Waals surface area contributed by atoms with Gasteiger partial charge in [-0.3, -0.25) is 0 Å². The van der Waals surface area contributed by atoms with Gasteiger partial charge in [-0.1, -0.05) is 30.3 Å². The number of hydrogen-bond acceptors (Lipinski definition) is 2. The number of imidazole rings is 1. The second kappa shape index (κ2) is 5.10. The van der Waals surface area contributed by atoms with Crippen molar-refractivity contribution in [3.8, 4) is 11.4 Å². The lowest BCUT2D eigenvalue weighted by molar-refractivity contribution is 0.818. The lowest BCUT2D eigenvalue weighted by Crippen LogP contribution is -2.04. The van der Waals surface area contributed by atoms with Crippen molar-refractivity contribution >= 4 is 11.0 Å². The largest absolute Gasteiger partial charge is 0.327 e. The van der Waals surface area contributed by atoms with Gasteiger partial charge in [0.05, 0.1) is 11.0 Å². The van der Waals surface area contributed by atoms with Gasteiger partial charge in [-0.25, -0.2) is 4.98 Å². The number of benzene rings is 2. The first kappa shape index (κ1) is 12.9. The molecule has 0 fully saturated rings. The predicted molar refractivity (Wildman–Crippen MR) is 83.7 cm³/mol. The van der Waals surface area contributed by atoms with E-state index >= 15 is 0 Å². The highest BCUT2D eigenvalue weighted by Crippen LogP contribution is 2.26. The molecule has 1 heterocycles. The summed E-state index contributed by atoms with van der Waals surface area (Å²) in [5.41, 5.74) is 5.95. The van der Waals surface area contributed by atoms with Crippen molar-refractivity contribution in [2.75, 3.05) is 7.05 Å². The Morgan fingerprint density at radius 2 is 1.95 bits per heavy atom. The van der Waals surface area contributed by atoms with Crippen molar-refractivity contribution in [3.05, 3.63) is 53.6 Å². The van der Waals surface area contributed by atoms with Crippen LogP contribution in [0.15, 0.2) is 42.5 Å². The third-order valence-corrected chi connectivity index (χ3v) is 3.71. The predicted octanol–water partition coefficient (Wildman–Crippen LogP) is 3.27. The van der Waals surface area contributed by atoms with Gasteiger partial charge in [-0.2, -0.15) is 0 Å². The fourth-order valence-corrected chi connectivity index (χ4v) is 2.61. The summed E-state index contributed by atoms with van der Waals surface area (Å²) in [7, 11) is 4.05. The highest BCUT2D eigenvalue weighted by molar-refractivity contribution is 5.81. The van der Waals surface area contributed by atoms with Crippen LogP contribution in [0, 0.1) is 6.92 Å². The Balaban J connectivity index is 2.18. The molecule has 20 heavy (non-hydrogen) atoms. The Hall–Kier alpha value is -2.13. The summed E-state index contributed by atoms with van der Waals surface area (Å²) >= 11 is 0. The van der Waals surface area contributed by atoms with Gasteiger partial charge in [0.15, 0.2) is 0 Å². The van der Waals surface area contributed by atoms with Gasteiger partial charge in [-0.15, -0.1) is 0 Å². The second-order valence-electron chi connectivity index (χ2n) is 5.16. The molecule has 1 aromatic heterocycles. The van der Waals surface area contributed by atoms with E-state index < -0.39 is 0 Å². The summed E-state index contributed by atoms with van der Waals surface area (Å²) in [4.78, 5) is 4.79. The summed E-state index contributed by atoms with van der Waals surface area (Å²) in [5, 5.41) is 3.19. The van der Waals surface area contributed by atoms with Crippen molar-refractivity contribution in [2.24, 2.45) is 7.05 Å². The zero-order valence-corrected chi connectivity index (χ0v) is 12.1. The number of aromatic nitrogens is 2. The molecule has 0 atom stereocenters. The van der Waals surface area contributed by atoms with Crippen LogP contribution in [-0.4, -0.2) is 16.6 Å². The Labute approximate surface area is 119 Å². The van der Waals surface area contributed by atoms with Gasteiger partial charge in [0.25, 0.3) is 0 Å². The summed E-state index contributed by atoms with van der Waals surface area (Å²) in [6.45, 7) is 3.00. The van der Waals surface area contributed by atoms with Gasteiger partial charge in [0.1, 0.15) is 5.82 Å². The number of aryl methyl sites for hydroxylation is 2. The number of nitrogens with one attached hydrogen (secondary N) is 1. The molecular formula is C17H19N3. The molecule has 0 saturated heterocycles. The number of hydrogen-bond donors (Lipinski definition) is 1. The molecule has 0 amide bonds. The topological polar surface area (TPSA) is 29.9 Å². The maximum absolute atomic E-state index is 4.79. The van der Waals surface area contributed by atoms with E-state index in [4.69, 9.17) is 4.98 Å². The Morgan fingerprint density at radius 1 is 1.15 bits per heavy atom. The molecule has 3 heteroatoms. The van der Waals surface area contributed by atoms with E-state index in [1.54, 1.807) is 0 Å². The lowest BCUT2D eigenvalue weighted by Gasteiger charge is -2.06. The van der Waals surface area contributed by atoms with Gasteiger partial charge >= 0.3 is 0 Å². The van der Waals surface area contributed by atoms with E-state index in [1.807, 2.05) is 7.05 Å². The van der Waals surface area contributed by atoms with Crippen molar-refractivity contribution in [1.29, 1.82) is 0 Å². The van der Waals surface area contributed by atoms with E-state index in [0.717, 1.165) is 17.9 Å². The average molecular weight is 265 g/mol. The Kier molecular flexibility index (Phi) is 3.28. The summed E-state index contributed by atoms with van der Waals surface area (Å²) in [6.07, 6.45) is 0. The Morgan fingerprint density at radius 3 is 2.70 bits per heavy atom. The summed E-state index contributed by atoms with van der Waals surface area (Å²) in [6, 6.07) is 14.8. The van der Waals surface area contributed by atoms with Crippen molar-refractivity contribution in [2.45, 2.75) is 13.5 Å². The van der Waals surface area contributed by atoms with Crippen LogP contribution in [0.1, 0.15) is 11.1 Å². The fraction of sp³-hybridized carbons (Fsp3) is 0.235. The molecule has 3 rings (SSSR count). The van der Waals surface area contributed by atoms with Crippen LogP contribution in [-0.2, 0) is 13.6 Å². The first-order chi connectivity index (χ1) is 9.70. The molecule has 3 aromatic rings. The number of fused-ring (bicyclic) bond motifs is 1. The van der Waals surface area contributed by atoms with Crippen LogP contribution < -0.4 is 5.32 Å². The fourth-order valence-electron chi connectivity index (χ4n) is 2.61. The van der Waals surface area contributed by atoms with Crippen molar-refractivity contribution in [1.82, 2.24) is 14.9 Å². The minimum atomic E-state index is 0.876. The minimum absolute atomic E-state index is 0.876. The Bertz CT molecular complexity index is 756. The molecule has 2 aromatic carbocycles. The van der Waals surface area contributed by atoms with Gasteiger partial charge < -0.3 is 9.88 Å². The molecule has 3 nitrogen and oxygen atoms in total. The van der Waals surface area contributed by atoms with Gasteiger partial charge in [0, 0.05) is 19.2 Å². The smallest absolute Gasteiger partial charge is 0.141 e. The summed E-state index contributed by atoms with van der Waals surface area (Å²) < 4.78 is 2.18. The third-order valence-electron chi connectivity index (χ3n) is 3.71. The highest BCUT2D eigenvalue weighted by atomic mass is 15.1. The molecule has 0 aliphatic rings. The van der Waals surface area contributed by atoms with Crippen LogP contribution in [0.5, 0.6) is 0 Å². The monoisotopic (exact) mass is 265 g/mol. The molecule has 0 bridgehead atoms. The zero-order valence-electron chi connectivity index (χ0n) is 12.1. The molecule has 0 aliphatic heterocycles. The van der Waals surface area contributed by atoms with Crippen LogP contribution in [0.2, 0.25) is 0 Å². The quantitative estimate of drug-likeness (QED) is 0.787. The molecule has 1 N–H and O–H groups in total. The van der Waals surface area contributed by atoms with Gasteiger partial charge in [0.2, 0.25) is 0 Å². The molecule has 102 valence electrons. The molecule has 0 saturated carbocycles. The molecule has 0 aliphatic carbocycles. The van der Waals surface area contributed by atoms with Crippen LogP contribution in [0.25, 0.3) is 22.4 Å². The molecule has 0 spiro atoms. The lowest BCUT2D eigenvalue weighted by atomic mass is 10.1. The van der Waals surface area contributed by atoms with Crippen LogP contribution in [0.3, 0.4) is 0 Å². The maximum atomic E-state index is 4.79. The first-order valence-electron chi connectivity index (χ1n) is 6.86. The second-order valence-corrected chi connectivity index (χ2v) is 5.16. The van der Waals surface area contributed by atoms with E-state index in [2.05, 4.69) is 66.3 Å². The van der Waals surface area contributed by atoms with Crippen molar-refractivity contribution < 1.29 is 0 Å². The van der Waals surface area contributed by atoms with Crippen LogP contribution >= 0.6 is 0 Å². The average Bonchev–Trinajstić information content (AvgIpc) is 2.77. The SMILES string of the molecule is CNCc1ccc2nc(-c3ccccc3C)n(C)c2c1. The normalized spacial score (nSPS) is 11.2. The number of rotatable bonds is 3. The minimum Gasteiger partial charge on any atom is -0.327 e. The van der Waals surface area contributed by atoms with E-state index in [-0.39, 0.29) is 0 Å². The third kappa shape index (κ3) is 2.10. The van der Waals surface area contributed by atoms with E-state index in [9.17, 15) is 0 Å². The zero-order chi connectivity index (χ0) is 14.1. The first-order valence-corrected chi connectivity index (χ1v) is 6.86. The summed E-state index contributed by atoms with van der Waals surface area (Å²) in [5.74, 6) is 1.03. The highest BCUT2D eigenvalue weighted by Gasteiger charge is 2.11. The molecule has 0 radical (unpaired) electrons. The van der Waals surface area contributed by atoms with E-state index in [1.165, 1.54) is 22.2 Å². The van der Waals surface area contributed by atoms with E-state index in [0.29, 0.717) is 0 Å². The van der Waals surface area contributed by atoms with Crippen molar-refractivity contribution in [3.63, 3.8) is 0 Å². The maximum Gasteiger partial charge on any atom is 0.141 e. The van der Waals surface area contributed by atoms with Crippen LogP contribution in [0.4, 0.5) is 0 Å². The van der Waals surface area contributed by atoms with Gasteiger partial charge in [-0.05, 0) is 37.2 Å². The standard InChI is InChI=1S/C17H19N3/c1-12-6-4-5-7-14(12)17-19-15-9-8-13(11-18-2)10-16(15)20(17)3/h4-10,18H,11H2,1-3H3. The molecular weight excluding hydrogens is 246 g/mol. The number of nitrogens with zero attached hydrogens (tertiary/aromatic N) is 2.